The lowest BCUT2D eigenvalue weighted by Crippen LogP contribution is -2.08. The van der Waals surface area contributed by atoms with E-state index in [1.807, 2.05) is 12.1 Å². The molecular formula is C10H14N2O. The molecule has 70 valence electrons. The van der Waals surface area contributed by atoms with Crippen LogP contribution in [0.25, 0.3) is 0 Å². The molecule has 1 aromatic heterocycles. The Labute approximate surface area is 77.8 Å². The highest BCUT2D eigenvalue weighted by molar-refractivity contribution is 5.21. The van der Waals surface area contributed by atoms with Crippen molar-refractivity contribution in [3.05, 3.63) is 29.6 Å². The quantitative estimate of drug-likeness (QED) is 0.699. The molecule has 2 rings (SSSR count). The third-order valence-corrected chi connectivity index (χ3v) is 2.53. The Morgan fingerprint density at radius 1 is 1.62 bits per heavy atom. The van der Waals surface area contributed by atoms with Gasteiger partial charge in [-0.15, -0.1) is 0 Å². The molecule has 1 atom stereocenters. The Kier molecular flexibility index (Phi) is 2.57. The summed E-state index contributed by atoms with van der Waals surface area (Å²) in [4.78, 5) is 4.06. The van der Waals surface area contributed by atoms with Crippen LogP contribution in [0.1, 0.15) is 23.6 Å². The van der Waals surface area contributed by atoms with E-state index in [0.29, 0.717) is 5.92 Å². The Morgan fingerprint density at radius 3 is 3.23 bits per heavy atom. The first-order valence-corrected chi connectivity index (χ1v) is 4.66. The van der Waals surface area contributed by atoms with Crippen molar-refractivity contribution in [3.8, 4) is 0 Å². The minimum Gasteiger partial charge on any atom is -0.390 e. The lowest BCUT2D eigenvalue weighted by molar-refractivity contribution is 0.276. The van der Waals surface area contributed by atoms with E-state index in [9.17, 15) is 0 Å². The Bertz CT molecular complexity index is 282. The molecule has 3 nitrogen and oxygen atoms in total. The Hall–Kier alpha value is -0.930. The lowest BCUT2D eigenvalue weighted by atomic mass is 9.99. The zero-order valence-corrected chi connectivity index (χ0v) is 7.53. The molecule has 1 fully saturated rings. The van der Waals surface area contributed by atoms with Gasteiger partial charge in [0.15, 0.2) is 0 Å². The summed E-state index contributed by atoms with van der Waals surface area (Å²) in [6, 6.07) is 4.04. The number of nitrogens with zero attached hydrogens (tertiary/aromatic N) is 1. The predicted octanol–water partition coefficient (Wildman–Crippen LogP) is 0.651. The molecule has 1 aliphatic rings. The van der Waals surface area contributed by atoms with E-state index in [1.54, 1.807) is 6.20 Å². The first kappa shape index (κ1) is 8.66. The summed E-state index contributed by atoms with van der Waals surface area (Å²) in [6.07, 6.45) is 2.97. The van der Waals surface area contributed by atoms with Gasteiger partial charge < -0.3 is 10.4 Å². The van der Waals surface area contributed by atoms with Crippen LogP contribution in [0.3, 0.4) is 0 Å². The zero-order valence-electron chi connectivity index (χ0n) is 7.53. The molecule has 1 aliphatic heterocycles. The van der Waals surface area contributed by atoms with Crippen LogP contribution in [0.4, 0.5) is 0 Å². The van der Waals surface area contributed by atoms with Crippen molar-refractivity contribution < 1.29 is 5.11 Å². The lowest BCUT2D eigenvalue weighted by Gasteiger charge is -2.08. The fourth-order valence-electron chi connectivity index (χ4n) is 1.78. The Morgan fingerprint density at radius 2 is 2.54 bits per heavy atom. The number of pyridine rings is 1. The van der Waals surface area contributed by atoms with E-state index in [2.05, 4.69) is 10.3 Å². The van der Waals surface area contributed by atoms with Crippen molar-refractivity contribution in [2.45, 2.75) is 18.9 Å². The second kappa shape index (κ2) is 3.85. The van der Waals surface area contributed by atoms with Crippen molar-refractivity contribution in [2.75, 3.05) is 13.1 Å². The van der Waals surface area contributed by atoms with Gasteiger partial charge in [-0.25, -0.2) is 0 Å². The van der Waals surface area contributed by atoms with E-state index >= 15 is 0 Å². The number of hydrogen-bond acceptors (Lipinski definition) is 3. The van der Waals surface area contributed by atoms with Gasteiger partial charge >= 0.3 is 0 Å². The molecule has 3 heteroatoms. The molecule has 0 saturated carbocycles. The first-order valence-electron chi connectivity index (χ1n) is 4.66. The molecular weight excluding hydrogens is 164 g/mol. The maximum atomic E-state index is 8.93. The highest BCUT2D eigenvalue weighted by atomic mass is 16.3. The van der Waals surface area contributed by atoms with Gasteiger partial charge in [0.1, 0.15) is 0 Å². The van der Waals surface area contributed by atoms with Crippen LogP contribution in [-0.2, 0) is 6.61 Å². The average Bonchev–Trinajstić information content (AvgIpc) is 2.71. The van der Waals surface area contributed by atoms with Crippen LogP contribution in [0.2, 0.25) is 0 Å². The Balaban J connectivity index is 2.18. The van der Waals surface area contributed by atoms with Gasteiger partial charge in [-0.3, -0.25) is 4.98 Å². The van der Waals surface area contributed by atoms with E-state index in [4.69, 9.17) is 5.11 Å². The van der Waals surface area contributed by atoms with Crippen LogP contribution < -0.4 is 5.32 Å². The summed E-state index contributed by atoms with van der Waals surface area (Å²) in [5.74, 6) is 0.605. The normalized spacial score (nSPS) is 22.1. The van der Waals surface area contributed by atoms with Crippen LogP contribution in [-0.4, -0.2) is 23.2 Å². The largest absolute Gasteiger partial charge is 0.390 e. The van der Waals surface area contributed by atoms with Crippen molar-refractivity contribution >= 4 is 0 Å². The topological polar surface area (TPSA) is 45.1 Å². The smallest absolute Gasteiger partial charge is 0.0853 e. The number of nitrogens with one attached hydrogen (secondary N) is 1. The van der Waals surface area contributed by atoms with Gasteiger partial charge in [0, 0.05) is 12.7 Å². The highest BCUT2D eigenvalue weighted by Gasteiger charge is 2.16. The summed E-state index contributed by atoms with van der Waals surface area (Å²) in [5, 5.41) is 12.3. The van der Waals surface area contributed by atoms with Gasteiger partial charge in [0.05, 0.1) is 12.3 Å². The number of aliphatic hydroxyl groups is 1. The van der Waals surface area contributed by atoms with Crippen molar-refractivity contribution in [1.29, 1.82) is 0 Å². The molecule has 2 N–H and O–H groups in total. The summed E-state index contributed by atoms with van der Waals surface area (Å²) in [5.41, 5.74) is 2.06. The predicted molar refractivity (Wildman–Crippen MR) is 50.4 cm³/mol. The monoisotopic (exact) mass is 178 g/mol. The molecule has 0 aliphatic carbocycles. The van der Waals surface area contributed by atoms with Crippen LogP contribution >= 0.6 is 0 Å². The second-order valence-electron chi connectivity index (χ2n) is 3.43. The molecule has 1 saturated heterocycles. The van der Waals surface area contributed by atoms with Crippen LogP contribution in [0, 0.1) is 0 Å². The van der Waals surface area contributed by atoms with Crippen molar-refractivity contribution in [2.24, 2.45) is 0 Å². The number of aromatic nitrogens is 1. The second-order valence-corrected chi connectivity index (χ2v) is 3.43. The van der Waals surface area contributed by atoms with E-state index in [-0.39, 0.29) is 6.61 Å². The van der Waals surface area contributed by atoms with Gasteiger partial charge in [-0.1, -0.05) is 0 Å². The molecule has 1 aromatic rings. The number of rotatable bonds is 2. The molecule has 13 heavy (non-hydrogen) atoms. The fraction of sp³-hybridized carbons (Fsp3) is 0.500. The van der Waals surface area contributed by atoms with Gasteiger partial charge in [0.25, 0.3) is 0 Å². The van der Waals surface area contributed by atoms with E-state index < -0.39 is 0 Å². The summed E-state index contributed by atoms with van der Waals surface area (Å²) < 4.78 is 0. The van der Waals surface area contributed by atoms with Gasteiger partial charge in [0.2, 0.25) is 0 Å². The molecule has 0 aromatic carbocycles. The third kappa shape index (κ3) is 1.87. The maximum Gasteiger partial charge on any atom is 0.0853 e. The van der Waals surface area contributed by atoms with Gasteiger partial charge in [-0.2, -0.15) is 0 Å². The van der Waals surface area contributed by atoms with Crippen molar-refractivity contribution in [1.82, 2.24) is 10.3 Å². The third-order valence-electron chi connectivity index (χ3n) is 2.53. The molecule has 0 spiro atoms. The molecule has 2 heterocycles. The summed E-state index contributed by atoms with van der Waals surface area (Å²) in [6.45, 7) is 2.18. The van der Waals surface area contributed by atoms with Crippen LogP contribution in [0.15, 0.2) is 18.3 Å². The summed E-state index contributed by atoms with van der Waals surface area (Å²) in [7, 11) is 0. The van der Waals surface area contributed by atoms with Gasteiger partial charge in [-0.05, 0) is 36.6 Å². The van der Waals surface area contributed by atoms with E-state index in [0.717, 1.165) is 18.8 Å². The highest BCUT2D eigenvalue weighted by Crippen LogP contribution is 2.21. The SMILES string of the molecule is OCc1cc(C2CCNC2)ccn1. The van der Waals surface area contributed by atoms with E-state index in [1.165, 1.54) is 12.0 Å². The van der Waals surface area contributed by atoms with Crippen LogP contribution in [0.5, 0.6) is 0 Å². The number of hydrogen-bond donors (Lipinski definition) is 2. The molecule has 0 bridgehead atoms. The minimum atomic E-state index is 0.0357. The summed E-state index contributed by atoms with van der Waals surface area (Å²) >= 11 is 0. The average molecular weight is 178 g/mol. The molecule has 1 unspecified atom stereocenters. The minimum absolute atomic E-state index is 0.0357. The molecule has 0 radical (unpaired) electrons. The number of aliphatic hydroxyl groups excluding tert-OH is 1. The maximum absolute atomic E-state index is 8.93. The fourth-order valence-corrected chi connectivity index (χ4v) is 1.78. The standard InChI is InChI=1S/C10H14N2O/c13-7-10-5-8(2-4-12-10)9-1-3-11-6-9/h2,4-5,9,11,13H,1,3,6-7H2. The molecule has 0 amide bonds. The zero-order chi connectivity index (χ0) is 9.10. The van der Waals surface area contributed by atoms with Crippen molar-refractivity contribution in [3.63, 3.8) is 0 Å². The first-order chi connectivity index (χ1) is 6.40.